The predicted octanol–water partition coefficient (Wildman–Crippen LogP) is 4.56. The highest BCUT2D eigenvalue weighted by atomic mass is 32.2. The van der Waals surface area contributed by atoms with Gasteiger partial charge >= 0.3 is 0 Å². The number of thiophene rings is 1. The van der Waals surface area contributed by atoms with Crippen molar-refractivity contribution in [2.24, 2.45) is 9.98 Å². The van der Waals surface area contributed by atoms with E-state index in [4.69, 9.17) is 0 Å². The lowest BCUT2D eigenvalue weighted by molar-refractivity contribution is -0.114. The van der Waals surface area contributed by atoms with Gasteiger partial charge in [-0.1, -0.05) is 25.1 Å². The quantitative estimate of drug-likeness (QED) is 0.774. The van der Waals surface area contributed by atoms with Crippen molar-refractivity contribution in [2.45, 2.75) is 38.4 Å². The fourth-order valence-electron chi connectivity index (χ4n) is 3.01. The number of halogens is 2. The van der Waals surface area contributed by atoms with E-state index in [0.717, 1.165) is 17.7 Å². The number of pyridine rings is 1. The van der Waals surface area contributed by atoms with Crippen molar-refractivity contribution in [3.05, 3.63) is 22.2 Å². The largest absolute Gasteiger partial charge is 0.323 e. The molecule has 0 bridgehead atoms. The molecule has 5 nitrogen and oxygen atoms in total. The van der Waals surface area contributed by atoms with Crippen molar-refractivity contribution in [3.63, 3.8) is 0 Å². The SMILES string of the molecule is CCCCN=C1N=C2c3sc4nc(C(F)F)cc(C)c4c3NC(=O)C2S1. The number of nitrogens with zero attached hydrogens (tertiary/aromatic N) is 3. The Morgan fingerprint density at radius 1 is 1.42 bits per heavy atom. The Labute approximate surface area is 157 Å². The highest BCUT2D eigenvalue weighted by Crippen LogP contribution is 2.44. The molecular formula is C17H16F2N4OS2. The van der Waals surface area contributed by atoms with E-state index in [1.54, 1.807) is 6.92 Å². The Hall–Kier alpha value is -1.87. The van der Waals surface area contributed by atoms with Crippen LogP contribution in [0.5, 0.6) is 0 Å². The zero-order valence-corrected chi connectivity index (χ0v) is 15.8. The highest BCUT2D eigenvalue weighted by molar-refractivity contribution is 8.16. The van der Waals surface area contributed by atoms with Crippen molar-refractivity contribution < 1.29 is 13.6 Å². The van der Waals surface area contributed by atoms with Gasteiger partial charge in [0.2, 0.25) is 5.91 Å². The van der Waals surface area contributed by atoms with Crippen LogP contribution in [-0.2, 0) is 4.79 Å². The molecule has 2 aliphatic rings. The van der Waals surface area contributed by atoms with Gasteiger partial charge in [-0.15, -0.1) is 11.3 Å². The van der Waals surface area contributed by atoms with Crippen molar-refractivity contribution in [2.75, 3.05) is 11.9 Å². The molecule has 0 saturated carbocycles. The molecule has 0 saturated heterocycles. The summed E-state index contributed by atoms with van der Waals surface area (Å²) in [5.41, 5.74) is 1.71. The summed E-state index contributed by atoms with van der Waals surface area (Å²) < 4.78 is 26.1. The van der Waals surface area contributed by atoms with Crippen LogP contribution in [-0.4, -0.2) is 33.6 Å². The van der Waals surface area contributed by atoms with Gasteiger partial charge in [-0.25, -0.2) is 18.8 Å². The third-order valence-corrected chi connectivity index (χ3v) is 6.48. The number of anilines is 1. The van der Waals surface area contributed by atoms with Crippen molar-refractivity contribution in [3.8, 4) is 0 Å². The fraction of sp³-hybridized carbons (Fsp3) is 0.412. The van der Waals surface area contributed by atoms with Crippen LogP contribution in [0, 0.1) is 6.92 Å². The maximum Gasteiger partial charge on any atom is 0.280 e. The number of carbonyl (C=O) groups excluding carboxylic acids is 1. The number of carbonyl (C=O) groups is 1. The first-order valence-electron chi connectivity index (χ1n) is 8.32. The molecular weight excluding hydrogens is 378 g/mol. The average Bonchev–Trinajstić information content (AvgIpc) is 3.17. The van der Waals surface area contributed by atoms with E-state index in [2.05, 4.69) is 27.2 Å². The number of aryl methyl sites for hydroxylation is 1. The van der Waals surface area contributed by atoms with Crippen LogP contribution in [0.2, 0.25) is 0 Å². The van der Waals surface area contributed by atoms with Crippen molar-refractivity contribution >= 4 is 55.8 Å². The molecule has 2 aromatic rings. The Kier molecular flexibility index (Phi) is 4.52. The molecule has 0 radical (unpaired) electrons. The van der Waals surface area contributed by atoms with Crippen molar-refractivity contribution in [1.82, 2.24) is 4.98 Å². The minimum absolute atomic E-state index is 0.154. The number of hydrogen-bond acceptors (Lipinski definition) is 5. The van der Waals surface area contributed by atoms with Gasteiger partial charge in [-0.3, -0.25) is 9.79 Å². The van der Waals surface area contributed by atoms with Gasteiger partial charge < -0.3 is 5.32 Å². The Morgan fingerprint density at radius 3 is 2.96 bits per heavy atom. The van der Waals surface area contributed by atoms with Crippen LogP contribution in [0.3, 0.4) is 0 Å². The number of thioether (sulfide) groups is 1. The van der Waals surface area contributed by atoms with Gasteiger partial charge in [0.15, 0.2) is 5.17 Å². The maximum atomic E-state index is 13.1. The normalized spacial score (nSPS) is 20.5. The van der Waals surface area contributed by atoms with E-state index >= 15 is 0 Å². The molecule has 26 heavy (non-hydrogen) atoms. The molecule has 1 N–H and O–H groups in total. The van der Waals surface area contributed by atoms with Crippen LogP contribution in [0.4, 0.5) is 14.5 Å². The highest BCUT2D eigenvalue weighted by Gasteiger charge is 2.41. The summed E-state index contributed by atoms with van der Waals surface area (Å²) >= 11 is 2.64. The van der Waals surface area contributed by atoms with Gasteiger partial charge in [0.1, 0.15) is 15.8 Å². The van der Waals surface area contributed by atoms with Crippen LogP contribution in [0.15, 0.2) is 16.1 Å². The van der Waals surface area contributed by atoms with E-state index in [9.17, 15) is 13.6 Å². The first kappa shape index (κ1) is 17.5. The monoisotopic (exact) mass is 394 g/mol. The molecule has 4 rings (SSSR count). The lowest BCUT2D eigenvalue weighted by atomic mass is 10.0. The summed E-state index contributed by atoms with van der Waals surface area (Å²) in [5, 5.41) is 3.80. The van der Waals surface area contributed by atoms with Crippen LogP contribution >= 0.6 is 23.1 Å². The van der Waals surface area contributed by atoms with Crippen molar-refractivity contribution in [1.29, 1.82) is 0 Å². The first-order chi connectivity index (χ1) is 12.5. The van der Waals surface area contributed by atoms with Crippen LogP contribution < -0.4 is 5.32 Å². The molecule has 0 aliphatic carbocycles. The molecule has 1 unspecified atom stereocenters. The second kappa shape index (κ2) is 6.70. The number of aromatic nitrogens is 1. The minimum atomic E-state index is -2.63. The third-order valence-electron chi connectivity index (χ3n) is 4.27. The second-order valence-electron chi connectivity index (χ2n) is 6.15. The standard InChI is InChI=1S/C17H16F2N4OS2/c1-3-4-5-20-17-23-11-12-10(22-15(24)13(11)26-17)9-7(2)6-8(14(18)19)21-16(9)25-12/h6,13-14H,3-5H2,1-2H3,(H,22,24). The number of amidine groups is 1. The Morgan fingerprint density at radius 2 is 2.23 bits per heavy atom. The lowest BCUT2D eigenvalue weighted by Crippen LogP contribution is -2.35. The molecule has 136 valence electrons. The molecule has 9 heteroatoms. The van der Waals surface area contributed by atoms with Crippen LogP contribution in [0.25, 0.3) is 10.2 Å². The zero-order valence-electron chi connectivity index (χ0n) is 14.2. The Bertz CT molecular complexity index is 967. The number of rotatable bonds is 4. The maximum absolute atomic E-state index is 13.1. The molecule has 1 amide bonds. The van der Waals surface area contributed by atoms with E-state index in [1.165, 1.54) is 29.2 Å². The zero-order chi connectivity index (χ0) is 18.4. The predicted molar refractivity (Wildman–Crippen MR) is 103 cm³/mol. The summed E-state index contributed by atoms with van der Waals surface area (Å²) in [6, 6.07) is 1.38. The first-order valence-corrected chi connectivity index (χ1v) is 10.0. The molecule has 1 atom stereocenters. The smallest absolute Gasteiger partial charge is 0.280 e. The number of alkyl halides is 2. The third kappa shape index (κ3) is 2.83. The topological polar surface area (TPSA) is 66.7 Å². The average molecular weight is 394 g/mol. The number of hydrogen-bond donors (Lipinski definition) is 1. The molecule has 2 aliphatic heterocycles. The summed E-state index contributed by atoms with van der Waals surface area (Å²) in [5.74, 6) is -0.154. The molecule has 0 aromatic carbocycles. The summed E-state index contributed by atoms with van der Waals surface area (Å²) in [6.07, 6.45) is -0.615. The Balaban J connectivity index is 1.83. The lowest BCUT2D eigenvalue weighted by Gasteiger charge is -2.18. The summed E-state index contributed by atoms with van der Waals surface area (Å²) in [7, 11) is 0. The van der Waals surface area contributed by atoms with Gasteiger partial charge in [-0.2, -0.15) is 0 Å². The molecule has 2 aromatic heterocycles. The molecule has 4 heterocycles. The summed E-state index contributed by atoms with van der Waals surface area (Å²) in [4.78, 5) is 26.9. The van der Waals surface area contributed by atoms with Crippen LogP contribution in [0.1, 0.15) is 42.3 Å². The fourth-order valence-corrected chi connectivity index (χ4v) is 5.29. The number of unbranched alkanes of at least 4 members (excludes halogenated alkanes) is 1. The number of nitrogens with one attached hydrogen (secondary N) is 1. The van der Waals surface area contributed by atoms with Gasteiger partial charge in [0, 0.05) is 11.9 Å². The molecule has 0 spiro atoms. The van der Waals surface area contributed by atoms with E-state index in [-0.39, 0.29) is 11.6 Å². The minimum Gasteiger partial charge on any atom is -0.323 e. The van der Waals surface area contributed by atoms with E-state index in [0.29, 0.717) is 38.9 Å². The van der Waals surface area contributed by atoms with Gasteiger partial charge in [0.25, 0.3) is 6.43 Å². The van der Waals surface area contributed by atoms with E-state index in [1.807, 2.05) is 0 Å². The number of aliphatic imine (C=N–C) groups is 2. The van der Waals surface area contributed by atoms with Gasteiger partial charge in [0.05, 0.1) is 16.3 Å². The van der Waals surface area contributed by atoms with Gasteiger partial charge in [-0.05, 0) is 25.0 Å². The number of amides is 1. The second-order valence-corrected chi connectivity index (χ2v) is 8.22. The summed E-state index contributed by atoms with van der Waals surface area (Å²) in [6.45, 7) is 4.53. The molecule has 0 fully saturated rings. The van der Waals surface area contributed by atoms with E-state index < -0.39 is 11.7 Å². The number of fused-ring (bicyclic) bond motifs is 5.